The molecule has 0 amide bonds. The predicted octanol–water partition coefficient (Wildman–Crippen LogP) is 4.23. The van der Waals surface area contributed by atoms with Gasteiger partial charge in [0.25, 0.3) is 0 Å². The van der Waals surface area contributed by atoms with Gasteiger partial charge in [0.1, 0.15) is 11.5 Å². The molecule has 26 heavy (non-hydrogen) atoms. The standard InChI is InChI=1S/C21H25NO4/c1-14(22-10-4-5-11-22)15-6-8-16(9-7-15)20-18(25-2)12-17(21(23)24)13-19(20)26-3/h6-9,12-14H,4-5,10-11H2,1-3H3,(H,23,24)/t14-/m0/s1. The molecule has 1 atom stereocenters. The Hall–Kier alpha value is -2.53. The van der Waals surface area contributed by atoms with E-state index in [1.165, 1.54) is 44.8 Å². The monoisotopic (exact) mass is 355 g/mol. The molecule has 1 fully saturated rings. The average molecular weight is 355 g/mol. The van der Waals surface area contributed by atoms with E-state index in [0.29, 0.717) is 17.5 Å². The fourth-order valence-corrected chi connectivity index (χ4v) is 3.59. The van der Waals surface area contributed by atoms with Crippen LogP contribution >= 0.6 is 0 Å². The van der Waals surface area contributed by atoms with Crippen molar-refractivity contribution in [1.82, 2.24) is 4.90 Å². The molecule has 1 aliphatic heterocycles. The van der Waals surface area contributed by atoms with Crippen molar-refractivity contribution in [3.63, 3.8) is 0 Å². The molecule has 0 spiro atoms. The number of rotatable bonds is 6. The largest absolute Gasteiger partial charge is 0.496 e. The van der Waals surface area contributed by atoms with Crippen LogP contribution in [0.4, 0.5) is 0 Å². The Morgan fingerprint density at radius 1 is 1.04 bits per heavy atom. The lowest BCUT2D eigenvalue weighted by Gasteiger charge is -2.24. The molecule has 0 aliphatic carbocycles. The average Bonchev–Trinajstić information content (AvgIpc) is 3.21. The third-order valence-electron chi connectivity index (χ3n) is 5.12. The van der Waals surface area contributed by atoms with Gasteiger partial charge in [0.2, 0.25) is 0 Å². The molecule has 3 rings (SSSR count). The highest BCUT2D eigenvalue weighted by molar-refractivity contribution is 5.91. The number of carbonyl (C=O) groups is 1. The van der Waals surface area contributed by atoms with Gasteiger partial charge in [-0.05, 0) is 56.1 Å². The highest BCUT2D eigenvalue weighted by Crippen LogP contribution is 2.40. The van der Waals surface area contributed by atoms with Crippen molar-refractivity contribution < 1.29 is 19.4 Å². The number of benzene rings is 2. The third-order valence-corrected chi connectivity index (χ3v) is 5.12. The van der Waals surface area contributed by atoms with Crippen molar-refractivity contribution in [1.29, 1.82) is 0 Å². The first-order valence-electron chi connectivity index (χ1n) is 8.89. The molecule has 2 aromatic rings. The van der Waals surface area contributed by atoms with E-state index in [1.807, 2.05) is 12.1 Å². The molecule has 2 aromatic carbocycles. The first kappa shape index (κ1) is 18.3. The Labute approximate surface area is 154 Å². The summed E-state index contributed by atoms with van der Waals surface area (Å²) in [6.07, 6.45) is 2.54. The summed E-state index contributed by atoms with van der Waals surface area (Å²) in [5.74, 6) is -0.0351. The van der Waals surface area contributed by atoms with Gasteiger partial charge >= 0.3 is 5.97 Å². The van der Waals surface area contributed by atoms with E-state index in [9.17, 15) is 9.90 Å². The molecule has 0 unspecified atom stereocenters. The Kier molecular flexibility index (Phi) is 5.47. The van der Waals surface area contributed by atoms with Crippen LogP contribution in [0.2, 0.25) is 0 Å². The van der Waals surface area contributed by atoms with E-state index >= 15 is 0 Å². The maximum Gasteiger partial charge on any atom is 0.335 e. The summed E-state index contributed by atoms with van der Waals surface area (Å²) >= 11 is 0. The Morgan fingerprint density at radius 2 is 1.58 bits per heavy atom. The Balaban J connectivity index is 1.96. The van der Waals surface area contributed by atoms with Crippen LogP contribution in [0.15, 0.2) is 36.4 Å². The normalized spacial score (nSPS) is 15.7. The molecule has 0 aromatic heterocycles. The van der Waals surface area contributed by atoms with Gasteiger partial charge in [-0.3, -0.25) is 4.90 Å². The zero-order valence-electron chi connectivity index (χ0n) is 15.5. The van der Waals surface area contributed by atoms with Crippen LogP contribution in [0, 0.1) is 0 Å². The molecule has 138 valence electrons. The minimum Gasteiger partial charge on any atom is -0.496 e. The summed E-state index contributed by atoms with van der Waals surface area (Å²) in [7, 11) is 3.07. The van der Waals surface area contributed by atoms with Crippen molar-refractivity contribution in [2.45, 2.75) is 25.8 Å². The number of hydrogen-bond donors (Lipinski definition) is 1. The van der Waals surface area contributed by atoms with Gasteiger partial charge in [-0.25, -0.2) is 4.79 Å². The minimum absolute atomic E-state index is 0.140. The van der Waals surface area contributed by atoms with E-state index < -0.39 is 5.97 Å². The number of likely N-dealkylation sites (tertiary alicyclic amines) is 1. The van der Waals surface area contributed by atoms with Crippen molar-refractivity contribution in [2.24, 2.45) is 0 Å². The summed E-state index contributed by atoms with van der Waals surface area (Å²) in [5.41, 5.74) is 3.12. The lowest BCUT2D eigenvalue weighted by Crippen LogP contribution is -2.23. The van der Waals surface area contributed by atoms with Crippen LogP contribution in [-0.4, -0.2) is 43.3 Å². The molecule has 5 heteroatoms. The van der Waals surface area contributed by atoms with Crippen LogP contribution in [0.25, 0.3) is 11.1 Å². The molecular weight excluding hydrogens is 330 g/mol. The number of hydrogen-bond acceptors (Lipinski definition) is 4. The van der Waals surface area contributed by atoms with Gasteiger partial charge < -0.3 is 14.6 Å². The van der Waals surface area contributed by atoms with Crippen molar-refractivity contribution >= 4 is 5.97 Å². The van der Waals surface area contributed by atoms with Gasteiger partial charge in [0.15, 0.2) is 0 Å². The molecule has 0 bridgehead atoms. The van der Waals surface area contributed by atoms with E-state index in [-0.39, 0.29) is 5.56 Å². The number of aromatic carboxylic acids is 1. The minimum atomic E-state index is -1.01. The maximum absolute atomic E-state index is 11.3. The quantitative estimate of drug-likeness (QED) is 0.840. The second kappa shape index (κ2) is 7.79. The van der Waals surface area contributed by atoms with Crippen molar-refractivity contribution in [2.75, 3.05) is 27.3 Å². The molecular formula is C21H25NO4. The van der Waals surface area contributed by atoms with Crippen LogP contribution in [0.1, 0.15) is 41.7 Å². The van der Waals surface area contributed by atoms with Gasteiger partial charge in [0, 0.05) is 6.04 Å². The van der Waals surface area contributed by atoms with Crippen molar-refractivity contribution in [3.8, 4) is 22.6 Å². The number of methoxy groups -OCH3 is 2. The topological polar surface area (TPSA) is 59.0 Å². The van der Waals surface area contributed by atoms with Crippen LogP contribution in [0.3, 0.4) is 0 Å². The fraction of sp³-hybridized carbons (Fsp3) is 0.381. The number of carboxylic acid groups (broad SMARTS) is 1. The highest BCUT2D eigenvalue weighted by Gasteiger charge is 2.21. The first-order valence-corrected chi connectivity index (χ1v) is 8.89. The number of carboxylic acids is 1. The van der Waals surface area contributed by atoms with E-state index in [1.54, 1.807) is 0 Å². The van der Waals surface area contributed by atoms with E-state index in [4.69, 9.17) is 9.47 Å². The Morgan fingerprint density at radius 3 is 2.04 bits per heavy atom. The second-order valence-electron chi connectivity index (χ2n) is 6.60. The number of nitrogens with zero attached hydrogens (tertiary/aromatic N) is 1. The lowest BCUT2D eigenvalue weighted by molar-refractivity contribution is 0.0696. The molecule has 0 radical (unpaired) electrons. The molecule has 0 saturated carbocycles. The van der Waals surface area contributed by atoms with Crippen LogP contribution < -0.4 is 9.47 Å². The van der Waals surface area contributed by atoms with Gasteiger partial charge in [0.05, 0.1) is 25.3 Å². The van der Waals surface area contributed by atoms with Gasteiger partial charge in [-0.2, -0.15) is 0 Å². The second-order valence-corrected chi connectivity index (χ2v) is 6.60. The highest BCUT2D eigenvalue weighted by atomic mass is 16.5. The van der Waals surface area contributed by atoms with Gasteiger partial charge in [-0.15, -0.1) is 0 Å². The van der Waals surface area contributed by atoms with E-state index in [2.05, 4.69) is 24.0 Å². The maximum atomic E-state index is 11.3. The molecule has 1 saturated heterocycles. The molecule has 5 nitrogen and oxygen atoms in total. The van der Waals surface area contributed by atoms with Crippen LogP contribution in [0.5, 0.6) is 11.5 Å². The predicted molar refractivity (Wildman–Crippen MR) is 101 cm³/mol. The molecule has 1 heterocycles. The summed E-state index contributed by atoms with van der Waals surface area (Å²) < 4.78 is 10.9. The Bertz CT molecular complexity index is 754. The molecule has 1 N–H and O–H groups in total. The summed E-state index contributed by atoms with van der Waals surface area (Å²) in [5, 5.41) is 9.27. The number of ether oxygens (including phenoxy) is 2. The smallest absolute Gasteiger partial charge is 0.335 e. The summed E-state index contributed by atoms with van der Waals surface area (Å²) in [6, 6.07) is 11.8. The van der Waals surface area contributed by atoms with Crippen molar-refractivity contribution in [3.05, 3.63) is 47.5 Å². The van der Waals surface area contributed by atoms with Gasteiger partial charge in [-0.1, -0.05) is 24.3 Å². The summed E-state index contributed by atoms with van der Waals surface area (Å²) in [4.78, 5) is 13.8. The lowest BCUT2D eigenvalue weighted by atomic mass is 9.98. The SMILES string of the molecule is COc1cc(C(=O)O)cc(OC)c1-c1ccc([C@H](C)N2CCCC2)cc1. The third kappa shape index (κ3) is 3.53. The molecule has 1 aliphatic rings. The zero-order chi connectivity index (χ0) is 18.7. The zero-order valence-corrected chi connectivity index (χ0v) is 15.5. The first-order chi connectivity index (χ1) is 12.5. The fourth-order valence-electron chi connectivity index (χ4n) is 3.59. The summed E-state index contributed by atoms with van der Waals surface area (Å²) in [6.45, 7) is 4.55. The van der Waals surface area contributed by atoms with E-state index in [0.717, 1.165) is 24.2 Å². The van der Waals surface area contributed by atoms with Crippen LogP contribution in [-0.2, 0) is 0 Å².